The van der Waals surface area contributed by atoms with Crippen molar-refractivity contribution in [1.29, 1.82) is 0 Å². The number of hydrogen-bond donors (Lipinski definition) is 1. The number of rotatable bonds is 1. The monoisotopic (exact) mass is 301 g/mol. The van der Waals surface area contributed by atoms with Gasteiger partial charge < -0.3 is 10.0 Å². The first kappa shape index (κ1) is 12.5. The molecule has 5 heteroatoms. The van der Waals surface area contributed by atoms with Gasteiger partial charge in [-0.25, -0.2) is 4.39 Å². The topological polar surface area (TPSA) is 40.5 Å². The van der Waals surface area contributed by atoms with E-state index >= 15 is 0 Å². The zero-order chi connectivity index (χ0) is 12.6. The van der Waals surface area contributed by atoms with Crippen molar-refractivity contribution in [2.24, 2.45) is 0 Å². The molecule has 0 bridgehead atoms. The summed E-state index contributed by atoms with van der Waals surface area (Å²) >= 11 is 3.05. The highest BCUT2D eigenvalue weighted by molar-refractivity contribution is 9.10. The van der Waals surface area contributed by atoms with E-state index in [0.29, 0.717) is 25.1 Å². The molecule has 0 saturated carbocycles. The number of amides is 1. The summed E-state index contributed by atoms with van der Waals surface area (Å²) in [6.45, 7) is 2.56. The Bertz CT molecular complexity index is 462. The Morgan fingerprint density at radius 1 is 1.59 bits per heavy atom. The molecule has 1 atom stereocenters. The van der Waals surface area contributed by atoms with Crippen LogP contribution in [0.25, 0.3) is 0 Å². The molecule has 1 amide bonds. The van der Waals surface area contributed by atoms with Crippen molar-refractivity contribution < 1.29 is 14.3 Å². The zero-order valence-corrected chi connectivity index (χ0v) is 11.0. The standard InChI is InChI=1S/C12H13BrFNO2/c1-12(17)4-5-15(7-12)11(16)8-2-3-10(14)9(13)6-8/h2-3,6,17H,4-5,7H2,1H3. The van der Waals surface area contributed by atoms with Gasteiger partial charge in [0, 0.05) is 18.7 Å². The number of β-amino-alcohol motifs (C(OH)–C–C–N with tert-alkyl or cyclic N) is 1. The van der Waals surface area contributed by atoms with Crippen molar-refractivity contribution in [1.82, 2.24) is 4.90 Å². The molecule has 0 aliphatic carbocycles. The average Bonchev–Trinajstić information content (AvgIpc) is 2.62. The van der Waals surface area contributed by atoms with E-state index in [1.807, 2.05) is 0 Å². The lowest BCUT2D eigenvalue weighted by molar-refractivity contribution is 0.0572. The van der Waals surface area contributed by atoms with Gasteiger partial charge in [0.2, 0.25) is 0 Å². The van der Waals surface area contributed by atoms with E-state index in [0.717, 1.165) is 0 Å². The Labute approximate surface area is 107 Å². The van der Waals surface area contributed by atoms with Crippen molar-refractivity contribution in [2.45, 2.75) is 18.9 Å². The molecule has 1 saturated heterocycles. The zero-order valence-electron chi connectivity index (χ0n) is 9.41. The summed E-state index contributed by atoms with van der Waals surface area (Å²) in [5.74, 6) is -0.571. The molecule has 0 radical (unpaired) electrons. The van der Waals surface area contributed by atoms with Crippen LogP contribution in [0.4, 0.5) is 4.39 Å². The summed E-state index contributed by atoms with van der Waals surface area (Å²) in [4.78, 5) is 13.7. The molecule has 2 rings (SSSR count). The number of likely N-dealkylation sites (tertiary alicyclic amines) is 1. The molecule has 92 valence electrons. The normalized spacial score (nSPS) is 24.1. The SMILES string of the molecule is CC1(O)CCN(C(=O)c2ccc(F)c(Br)c2)C1. The smallest absolute Gasteiger partial charge is 0.253 e. The maximum Gasteiger partial charge on any atom is 0.253 e. The van der Waals surface area contributed by atoms with Crippen LogP contribution in [0, 0.1) is 5.82 Å². The number of halogens is 2. The third-order valence-corrected chi connectivity index (χ3v) is 3.51. The van der Waals surface area contributed by atoms with Gasteiger partial charge in [-0.1, -0.05) is 0 Å². The molecule has 17 heavy (non-hydrogen) atoms. The molecular formula is C12H13BrFNO2. The highest BCUT2D eigenvalue weighted by Gasteiger charge is 2.34. The fourth-order valence-corrected chi connectivity index (χ4v) is 2.31. The van der Waals surface area contributed by atoms with Crippen LogP contribution >= 0.6 is 15.9 Å². The first-order chi connectivity index (χ1) is 7.89. The van der Waals surface area contributed by atoms with E-state index in [9.17, 15) is 14.3 Å². The van der Waals surface area contributed by atoms with Crippen LogP contribution in [0.15, 0.2) is 22.7 Å². The lowest BCUT2D eigenvalue weighted by Crippen LogP contribution is -2.33. The Kier molecular flexibility index (Phi) is 3.23. The predicted octanol–water partition coefficient (Wildman–Crippen LogP) is 2.19. The average molecular weight is 302 g/mol. The molecule has 1 aliphatic rings. The van der Waals surface area contributed by atoms with Crippen molar-refractivity contribution in [3.63, 3.8) is 0 Å². The highest BCUT2D eigenvalue weighted by atomic mass is 79.9. The van der Waals surface area contributed by atoms with Gasteiger partial charge in [0.15, 0.2) is 0 Å². The molecule has 3 nitrogen and oxygen atoms in total. The Hall–Kier alpha value is -0.940. The minimum Gasteiger partial charge on any atom is -0.388 e. The van der Waals surface area contributed by atoms with Gasteiger partial charge in [-0.05, 0) is 47.5 Å². The summed E-state index contributed by atoms with van der Waals surface area (Å²) < 4.78 is 13.3. The van der Waals surface area contributed by atoms with Gasteiger partial charge in [0.25, 0.3) is 5.91 Å². The largest absolute Gasteiger partial charge is 0.388 e. The van der Waals surface area contributed by atoms with Gasteiger partial charge in [-0.3, -0.25) is 4.79 Å². The fourth-order valence-electron chi connectivity index (χ4n) is 1.93. The van der Waals surface area contributed by atoms with Crippen molar-refractivity contribution in [2.75, 3.05) is 13.1 Å². The number of carbonyl (C=O) groups is 1. The summed E-state index contributed by atoms with van der Waals surface area (Å²) in [7, 11) is 0. The van der Waals surface area contributed by atoms with Crippen molar-refractivity contribution >= 4 is 21.8 Å². The molecule has 1 fully saturated rings. The maximum absolute atomic E-state index is 13.1. The van der Waals surface area contributed by atoms with E-state index in [1.54, 1.807) is 11.8 Å². The lowest BCUT2D eigenvalue weighted by atomic mass is 10.1. The molecule has 1 N–H and O–H groups in total. The van der Waals surface area contributed by atoms with Crippen LogP contribution in [0.3, 0.4) is 0 Å². The van der Waals surface area contributed by atoms with Gasteiger partial charge >= 0.3 is 0 Å². The van der Waals surface area contributed by atoms with Crippen molar-refractivity contribution in [3.05, 3.63) is 34.1 Å². The summed E-state index contributed by atoms with van der Waals surface area (Å²) in [5, 5.41) is 9.80. The van der Waals surface area contributed by atoms with E-state index < -0.39 is 11.4 Å². The highest BCUT2D eigenvalue weighted by Crippen LogP contribution is 2.23. The van der Waals surface area contributed by atoms with Crippen LogP contribution in [-0.2, 0) is 0 Å². The predicted molar refractivity (Wildman–Crippen MR) is 65.2 cm³/mol. The summed E-state index contributed by atoms with van der Waals surface area (Å²) in [5.41, 5.74) is -0.386. The van der Waals surface area contributed by atoms with Crippen molar-refractivity contribution in [3.8, 4) is 0 Å². The second-order valence-electron chi connectivity index (χ2n) is 4.60. The van der Waals surface area contributed by atoms with Gasteiger partial charge in [0.1, 0.15) is 5.82 Å². The summed E-state index contributed by atoms with van der Waals surface area (Å²) in [6, 6.07) is 4.17. The second-order valence-corrected chi connectivity index (χ2v) is 5.46. The van der Waals surface area contributed by atoms with Gasteiger partial charge in [0.05, 0.1) is 10.1 Å². The Morgan fingerprint density at radius 3 is 2.82 bits per heavy atom. The van der Waals surface area contributed by atoms with E-state index in [1.165, 1.54) is 18.2 Å². The second kappa shape index (κ2) is 4.38. The van der Waals surface area contributed by atoms with Crippen LogP contribution in [0.2, 0.25) is 0 Å². The number of nitrogens with zero attached hydrogens (tertiary/aromatic N) is 1. The molecular weight excluding hydrogens is 289 g/mol. The first-order valence-corrected chi connectivity index (χ1v) is 6.15. The van der Waals surface area contributed by atoms with E-state index in [4.69, 9.17) is 0 Å². The quantitative estimate of drug-likeness (QED) is 0.864. The van der Waals surface area contributed by atoms with E-state index in [-0.39, 0.29) is 10.4 Å². The molecule has 1 aromatic carbocycles. The van der Waals surface area contributed by atoms with Gasteiger partial charge in [-0.15, -0.1) is 0 Å². The Morgan fingerprint density at radius 2 is 2.29 bits per heavy atom. The Balaban J connectivity index is 2.18. The van der Waals surface area contributed by atoms with Crippen LogP contribution in [-0.4, -0.2) is 34.6 Å². The minimum atomic E-state index is -0.813. The number of aliphatic hydroxyl groups is 1. The molecule has 1 heterocycles. The van der Waals surface area contributed by atoms with Crippen LogP contribution < -0.4 is 0 Å². The lowest BCUT2D eigenvalue weighted by Gasteiger charge is -2.19. The summed E-state index contributed by atoms with van der Waals surface area (Å²) in [6.07, 6.45) is 0.571. The molecule has 1 aliphatic heterocycles. The van der Waals surface area contributed by atoms with Crippen LogP contribution in [0.1, 0.15) is 23.7 Å². The van der Waals surface area contributed by atoms with E-state index in [2.05, 4.69) is 15.9 Å². The molecule has 0 aromatic heterocycles. The molecule has 1 unspecified atom stereocenters. The number of carbonyl (C=O) groups excluding carboxylic acids is 1. The fraction of sp³-hybridized carbons (Fsp3) is 0.417. The third kappa shape index (κ3) is 2.66. The van der Waals surface area contributed by atoms with Gasteiger partial charge in [-0.2, -0.15) is 0 Å². The molecule has 0 spiro atoms. The third-order valence-electron chi connectivity index (χ3n) is 2.91. The maximum atomic E-state index is 13.1. The molecule has 1 aromatic rings. The first-order valence-electron chi connectivity index (χ1n) is 5.36. The number of hydrogen-bond acceptors (Lipinski definition) is 2. The minimum absolute atomic E-state index is 0.177. The van der Waals surface area contributed by atoms with Crippen LogP contribution in [0.5, 0.6) is 0 Å². The number of benzene rings is 1.